The Balaban J connectivity index is 2.14. The average molecular weight is 233 g/mol. The normalized spacial score (nSPS) is 18.5. The van der Waals surface area contributed by atoms with Gasteiger partial charge in [-0.15, -0.1) is 0 Å². The molecule has 3 heteroatoms. The van der Waals surface area contributed by atoms with Crippen LogP contribution in [-0.4, -0.2) is 18.1 Å². The number of esters is 1. The van der Waals surface area contributed by atoms with E-state index in [1.807, 2.05) is 37.3 Å². The van der Waals surface area contributed by atoms with E-state index in [9.17, 15) is 4.79 Å². The molecule has 0 heterocycles. The average Bonchev–Trinajstić information content (AvgIpc) is 3.06. The molecule has 92 valence electrons. The number of nitrogens with one attached hydrogen (secondary N) is 1. The van der Waals surface area contributed by atoms with Gasteiger partial charge in [0.2, 0.25) is 0 Å². The van der Waals surface area contributed by atoms with Crippen molar-refractivity contribution in [2.75, 3.05) is 6.61 Å². The highest BCUT2D eigenvalue weighted by molar-refractivity contribution is 5.77. The number of ether oxygens (including phenoxy) is 1. The summed E-state index contributed by atoms with van der Waals surface area (Å²) in [6, 6.07) is 9.41. The Morgan fingerprint density at radius 2 is 2.06 bits per heavy atom. The van der Waals surface area contributed by atoms with Crippen LogP contribution in [0.5, 0.6) is 0 Å². The molecular formula is C14H19NO2. The summed E-state index contributed by atoms with van der Waals surface area (Å²) in [4.78, 5) is 12.0. The van der Waals surface area contributed by atoms with Gasteiger partial charge in [-0.3, -0.25) is 5.32 Å². The van der Waals surface area contributed by atoms with Crippen molar-refractivity contribution < 1.29 is 9.53 Å². The summed E-state index contributed by atoms with van der Waals surface area (Å²) in [6.45, 7) is 4.39. The first-order chi connectivity index (χ1) is 8.14. The first-order valence-corrected chi connectivity index (χ1v) is 6.14. The van der Waals surface area contributed by atoms with Gasteiger partial charge in [-0.1, -0.05) is 30.3 Å². The Morgan fingerprint density at radius 1 is 1.41 bits per heavy atom. The van der Waals surface area contributed by atoms with Crippen molar-refractivity contribution in [3.63, 3.8) is 0 Å². The molecule has 17 heavy (non-hydrogen) atoms. The van der Waals surface area contributed by atoms with E-state index in [1.165, 1.54) is 0 Å². The molecule has 0 amide bonds. The molecule has 1 unspecified atom stereocenters. The SMILES string of the molecule is CCOC(=O)C(NC1(C)CC1)c1ccccc1. The molecular weight excluding hydrogens is 214 g/mol. The van der Waals surface area contributed by atoms with Crippen LogP contribution in [0.1, 0.15) is 38.3 Å². The summed E-state index contributed by atoms with van der Waals surface area (Å²) in [5.41, 5.74) is 1.08. The predicted octanol–water partition coefficient (Wildman–Crippen LogP) is 2.43. The van der Waals surface area contributed by atoms with Gasteiger partial charge in [0.25, 0.3) is 0 Å². The molecule has 1 aromatic carbocycles. The van der Waals surface area contributed by atoms with Crippen LogP contribution in [0.2, 0.25) is 0 Å². The van der Waals surface area contributed by atoms with E-state index in [0.717, 1.165) is 18.4 Å². The number of carbonyl (C=O) groups excluding carboxylic acids is 1. The molecule has 0 aliphatic heterocycles. The van der Waals surface area contributed by atoms with Gasteiger partial charge in [0, 0.05) is 5.54 Å². The van der Waals surface area contributed by atoms with Crippen LogP contribution in [0.3, 0.4) is 0 Å². The number of hydrogen-bond donors (Lipinski definition) is 1. The van der Waals surface area contributed by atoms with Gasteiger partial charge >= 0.3 is 5.97 Å². The molecule has 1 aliphatic rings. The van der Waals surface area contributed by atoms with E-state index < -0.39 is 0 Å². The van der Waals surface area contributed by atoms with Crippen LogP contribution in [0.4, 0.5) is 0 Å². The van der Waals surface area contributed by atoms with Crippen LogP contribution in [-0.2, 0) is 9.53 Å². The number of hydrogen-bond acceptors (Lipinski definition) is 3. The smallest absolute Gasteiger partial charge is 0.327 e. The monoisotopic (exact) mass is 233 g/mol. The Kier molecular flexibility index (Phi) is 3.48. The molecule has 0 spiro atoms. The van der Waals surface area contributed by atoms with Gasteiger partial charge in [-0.2, -0.15) is 0 Å². The summed E-state index contributed by atoms with van der Waals surface area (Å²) in [5, 5.41) is 3.39. The van der Waals surface area contributed by atoms with Gasteiger partial charge in [-0.05, 0) is 32.3 Å². The van der Waals surface area contributed by atoms with Gasteiger partial charge in [0.05, 0.1) is 6.61 Å². The maximum atomic E-state index is 12.0. The first-order valence-electron chi connectivity index (χ1n) is 6.14. The third-order valence-electron chi connectivity index (χ3n) is 3.15. The van der Waals surface area contributed by atoms with Crippen LogP contribution in [0.25, 0.3) is 0 Å². The Hall–Kier alpha value is -1.35. The molecule has 1 saturated carbocycles. The summed E-state index contributed by atoms with van der Waals surface area (Å²) in [6.07, 6.45) is 2.24. The summed E-state index contributed by atoms with van der Waals surface area (Å²) >= 11 is 0. The third-order valence-corrected chi connectivity index (χ3v) is 3.15. The number of carbonyl (C=O) groups is 1. The molecule has 1 fully saturated rings. The second-order valence-corrected chi connectivity index (χ2v) is 4.80. The third kappa shape index (κ3) is 3.07. The summed E-state index contributed by atoms with van der Waals surface area (Å²) in [5.74, 6) is -0.188. The minimum atomic E-state index is -0.344. The van der Waals surface area contributed by atoms with Gasteiger partial charge in [-0.25, -0.2) is 4.79 Å². The Morgan fingerprint density at radius 3 is 2.59 bits per heavy atom. The van der Waals surface area contributed by atoms with Crippen molar-refractivity contribution in [3.05, 3.63) is 35.9 Å². The lowest BCUT2D eigenvalue weighted by molar-refractivity contribution is -0.146. The van der Waals surface area contributed by atoms with Crippen molar-refractivity contribution in [2.24, 2.45) is 0 Å². The summed E-state index contributed by atoms with van der Waals surface area (Å²) in [7, 11) is 0. The molecule has 1 aliphatic carbocycles. The fraction of sp³-hybridized carbons (Fsp3) is 0.500. The lowest BCUT2D eigenvalue weighted by Gasteiger charge is -2.21. The standard InChI is InChI=1S/C14H19NO2/c1-3-17-13(16)12(15-14(2)9-10-14)11-7-5-4-6-8-11/h4-8,12,15H,3,9-10H2,1-2H3. The van der Waals surface area contributed by atoms with Crippen molar-refractivity contribution in [1.29, 1.82) is 0 Å². The molecule has 1 N–H and O–H groups in total. The van der Waals surface area contributed by atoms with E-state index >= 15 is 0 Å². The van der Waals surface area contributed by atoms with E-state index in [-0.39, 0.29) is 17.6 Å². The van der Waals surface area contributed by atoms with Crippen LogP contribution >= 0.6 is 0 Å². The maximum absolute atomic E-state index is 12.0. The van der Waals surface area contributed by atoms with Crippen molar-refractivity contribution in [3.8, 4) is 0 Å². The lowest BCUT2D eigenvalue weighted by Crippen LogP contribution is -2.37. The second-order valence-electron chi connectivity index (χ2n) is 4.80. The zero-order chi connectivity index (χ0) is 12.3. The van der Waals surface area contributed by atoms with Crippen LogP contribution < -0.4 is 5.32 Å². The lowest BCUT2D eigenvalue weighted by atomic mass is 10.1. The summed E-state index contributed by atoms with van der Waals surface area (Å²) < 4.78 is 5.13. The first kappa shape index (κ1) is 12.1. The maximum Gasteiger partial charge on any atom is 0.327 e. The van der Waals surface area contributed by atoms with Crippen molar-refractivity contribution in [2.45, 2.75) is 38.3 Å². The zero-order valence-electron chi connectivity index (χ0n) is 10.4. The highest BCUT2D eigenvalue weighted by Crippen LogP contribution is 2.37. The molecule has 0 saturated heterocycles. The van der Waals surface area contributed by atoms with Crippen molar-refractivity contribution >= 4 is 5.97 Å². The van der Waals surface area contributed by atoms with E-state index in [0.29, 0.717) is 6.61 Å². The number of rotatable bonds is 5. The number of benzene rings is 1. The second kappa shape index (κ2) is 4.88. The quantitative estimate of drug-likeness (QED) is 0.794. The highest BCUT2D eigenvalue weighted by atomic mass is 16.5. The topological polar surface area (TPSA) is 38.3 Å². The molecule has 1 aromatic rings. The van der Waals surface area contributed by atoms with E-state index in [2.05, 4.69) is 12.2 Å². The molecule has 1 atom stereocenters. The molecule has 3 nitrogen and oxygen atoms in total. The van der Waals surface area contributed by atoms with Gasteiger partial charge in [0.15, 0.2) is 0 Å². The molecule has 0 radical (unpaired) electrons. The van der Waals surface area contributed by atoms with Gasteiger partial charge in [0.1, 0.15) is 6.04 Å². The molecule has 0 aromatic heterocycles. The fourth-order valence-electron chi connectivity index (χ4n) is 1.83. The largest absolute Gasteiger partial charge is 0.465 e. The Bertz CT molecular complexity index is 384. The predicted molar refractivity (Wildman–Crippen MR) is 66.6 cm³/mol. The fourth-order valence-corrected chi connectivity index (χ4v) is 1.83. The Labute approximate surface area is 102 Å². The molecule has 0 bridgehead atoms. The highest BCUT2D eigenvalue weighted by Gasteiger charge is 2.41. The van der Waals surface area contributed by atoms with Crippen molar-refractivity contribution in [1.82, 2.24) is 5.32 Å². The zero-order valence-corrected chi connectivity index (χ0v) is 10.4. The van der Waals surface area contributed by atoms with E-state index in [1.54, 1.807) is 0 Å². The van der Waals surface area contributed by atoms with E-state index in [4.69, 9.17) is 4.74 Å². The van der Waals surface area contributed by atoms with Crippen LogP contribution in [0.15, 0.2) is 30.3 Å². The minimum absolute atomic E-state index is 0.104. The molecule has 2 rings (SSSR count). The minimum Gasteiger partial charge on any atom is -0.465 e. The van der Waals surface area contributed by atoms with Crippen LogP contribution in [0, 0.1) is 0 Å². The van der Waals surface area contributed by atoms with Gasteiger partial charge < -0.3 is 4.74 Å².